The minimum absolute atomic E-state index is 0.143. The molecular weight excluding hydrogens is 290 g/mol. The zero-order chi connectivity index (χ0) is 16.2. The van der Waals surface area contributed by atoms with Gasteiger partial charge in [0.05, 0.1) is 18.2 Å². The molecule has 0 spiro atoms. The largest absolute Gasteiger partial charge is 0.294 e. The Bertz CT molecular complexity index is 688. The highest BCUT2D eigenvalue weighted by Gasteiger charge is 2.41. The van der Waals surface area contributed by atoms with E-state index in [-0.39, 0.29) is 18.2 Å². The number of aromatic nitrogens is 1. The molecule has 1 aliphatic heterocycles. The van der Waals surface area contributed by atoms with Gasteiger partial charge in [0.25, 0.3) is 5.91 Å². The van der Waals surface area contributed by atoms with Gasteiger partial charge in [-0.1, -0.05) is 24.3 Å². The minimum atomic E-state index is -0.397. The monoisotopic (exact) mass is 309 g/mol. The second-order valence-corrected chi connectivity index (χ2v) is 5.67. The van der Waals surface area contributed by atoms with Crippen LogP contribution in [-0.2, 0) is 16.0 Å². The summed E-state index contributed by atoms with van der Waals surface area (Å²) in [7, 11) is 1.88. The molecule has 1 saturated heterocycles. The first-order valence-corrected chi connectivity index (χ1v) is 7.69. The fourth-order valence-electron chi connectivity index (χ4n) is 2.80. The number of hydrogen-bond acceptors (Lipinski definition) is 4. The van der Waals surface area contributed by atoms with Crippen LogP contribution in [0.1, 0.15) is 12.1 Å². The van der Waals surface area contributed by atoms with Gasteiger partial charge in [0.2, 0.25) is 5.91 Å². The standard InChI is InChI=1S/C18H19N3O2/c1-20(12-10-14-7-5-6-11-19-14)16-13-17(22)21(18(16)23)15-8-3-2-4-9-15/h2-9,11,16H,10,12-13H2,1H3/t16-/m0/s1. The topological polar surface area (TPSA) is 53.5 Å². The van der Waals surface area contributed by atoms with Crippen LogP contribution in [0.3, 0.4) is 0 Å². The highest BCUT2D eigenvalue weighted by Crippen LogP contribution is 2.24. The molecule has 23 heavy (non-hydrogen) atoms. The Morgan fingerprint density at radius 3 is 2.57 bits per heavy atom. The molecule has 0 saturated carbocycles. The highest BCUT2D eigenvalue weighted by molar-refractivity contribution is 6.22. The van der Waals surface area contributed by atoms with Crippen molar-refractivity contribution >= 4 is 17.5 Å². The Balaban J connectivity index is 1.67. The van der Waals surface area contributed by atoms with Crippen molar-refractivity contribution in [1.82, 2.24) is 9.88 Å². The number of benzene rings is 1. The van der Waals surface area contributed by atoms with Crippen molar-refractivity contribution in [3.05, 3.63) is 60.4 Å². The van der Waals surface area contributed by atoms with Gasteiger partial charge < -0.3 is 0 Å². The van der Waals surface area contributed by atoms with E-state index in [2.05, 4.69) is 4.98 Å². The predicted octanol–water partition coefficient (Wildman–Crippen LogP) is 1.89. The smallest absolute Gasteiger partial charge is 0.251 e. The van der Waals surface area contributed by atoms with E-state index in [4.69, 9.17) is 0 Å². The number of carbonyl (C=O) groups excluding carboxylic acids is 2. The van der Waals surface area contributed by atoms with Gasteiger partial charge in [-0.05, 0) is 31.3 Å². The van der Waals surface area contributed by atoms with E-state index in [1.807, 2.05) is 48.3 Å². The third-order valence-corrected chi connectivity index (χ3v) is 4.12. The molecule has 0 aliphatic carbocycles. The second kappa shape index (κ2) is 6.71. The molecule has 5 nitrogen and oxygen atoms in total. The van der Waals surface area contributed by atoms with Crippen molar-refractivity contribution in [2.75, 3.05) is 18.5 Å². The number of likely N-dealkylation sites (N-methyl/N-ethyl adjacent to an activating group) is 1. The number of carbonyl (C=O) groups is 2. The van der Waals surface area contributed by atoms with Crippen molar-refractivity contribution in [3.63, 3.8) is 0 Å². The molecule has 0 N–H and O–H groups in total. The molecule has 5 heteroatoms. The van der Waals surface area contributed by atoms with E-state index >= 15 is 0 Å². The quantitative estimate of drug-likeness (QED) is 0.792. The zero-order valence-corrected chi connectivity index (χ0v) is 13.1. The summed E-state index contributed by atoms with van der Waals surface area (Å²) in [6.07, 6.45) is 2.74. The van der Waals surface area contributed by atoms with E-state index in [0.717, 1.165) is 12.1 Å². The summed E-state index contributed by atoms with van der Waals surface area (Å²) in [6.45, 7) is 0.684. The van der Waals surface area contributed by atoms with Gasteiger partial charge in [-0.25, -0.2) is 4.90 Å². The number of nitrogens with zero attached hydrogens (tertiary/aromatic N) is 3. The molecular formula is C18H19N3O2. The minimum Gasteiger partial charge on any atom is -0.294 e. The van der Waals surface area contributed by atoms with Crippen LogP contribution in [-0.4, -0.2) is 41.3 Å². The first-order chi connectivity index (χ1) is 11.2. The Kier molecular flexibility index (Phi) is 4.48. The van der Waals surface area contributed by atoms with E-state index in [9.17, 15) is 9.59 Å². The maximum Gasteiger partial charge on any atom is 0.251 e. The third kappa shape index (κ3) is 3.29. The summed E-state index contributed by atoms with van der Waals surface area (Å²) in [5.74, 6) is -0.291. The summed E-state index contributed by atoms with van der Waals surface area (Å²) >= 11 is 0. The lowest BCUT2D eigenvalue weighted by Gasteiger charge is -2.22. The maximum absolute atomic E-state index is 12.6. The average molecular weight is 309 g/mol. The van der Waals surface area contributed by atoms with Crippen molar-refractivity contribution < 1.29 is 9.59 Å². The Labute approximate surface area is 135 Å². The molecule has 0 unspecified atom stereocenters. The number of hydrogen-bond donors (Lipinski definition) is 0. The molecule has 1 aromatic heterocycles. The molecule has 1 aliphatic rings. The second-order valence-electron chi connectivity index (χ2n) is 5.67. The molecule has 1 atom stereocenters. The van der Waals surface area contributed by atoms with Crippen LogP contribution in [0.2, 0.25) is 0 Å². The first-order valence-electron chi connectivity index (χ1n) is 7.69. The highest BCUT2D eigenvalue weighted by atomic mass is 16.2. The van der Waals surface area contributed by atoms with Gasteiger partial charge in [-0.15, -0.1) is 0 Å². The average Bonchev–Trinajstić information content (AvgIpc) is 2.89. The van der Waals surface area contributed by atoms with Crippen molar-refractivity contribution in [1.29, 1.82) is 0 Å². The number of rotatable bonds is 5. The fourth-order valence-corrected chi connectivity index (χ4v) is 2.80. The molecule has 3 rings (SSSR count). The van der Waals surface area contributed by atoms with Crippen molar-refractivity contribution in [2.45, 2.75) is 18.9 Å². The van der Waals surface area contributed by atoms with Crippen molar-refractivity contribution in [2.24, 2.45) is 0 Å². The van der Waals surface area contributed by atoms with Crippen LogP contribution in [0, 0.1) is 0 Å². The van der Waals surface area contributed by atoms with Crippen LogP contribution >= 0.6 is 0 Å². The number of para-hydroxylation sites is 1. The normalized spacial score (nSPS) is 18.0. The molecule has 2 aromatic rings. The van der Waals surface area contributed by atoms with Crippen LogP contribution in [0.15, 0.2) is 54.7 Å². The number of pyridine rings is 1. The van der Waals surface area contributed by atoms with Crippen molar-refractivity contribution in [3.8, 4) is 0 Å². The zero-order valence-electron chi connectivity index (χ0n) is 13.1. The SMILES string of the molecule is CN(CCc1ccccn1)[C@H]1CC(=O)N(c2ccccc2)C1=O. The molecule has 2 amide bonds. The lowest BCUT2D eigenvalue weighted by molar-refractivity contribution is -0.122. The van der Waals surface area contributed by atoms with E-state index in [0.29, 0.717) is 12.2 Å². The Hall–Kier alpha value is -2.53. The van der Waals surface area contributed by atoms with Gasteiger partial charge in [-0.2, -0.15) is 0 Å². The molecule has 2 heterocycles. The fraction of sp³-hybridized carbons (Fsp3) is 0.278. The third-order valence-electron chi connectivity index (χ3n) is 4.12. The summed E-state index contributed by atoms with van der Waals surface area (Å²) < 4.78 is 0. The van der Waals surface area contributed by atoms with Gasteiger partial charge in [-0.3, -0.25) is 19.5 Å². The van der Waals surface area contributed by atoms with Gasteiger partial charge in [0.15, 0.2) is 0 Å². The number of amides is 2. The van der Waals surface area contributed by atoms with Crippen LogP contribution < -0.4 is 4.90 Å². The maximum atomic E-state index is 12.6. The molecule has 1 aromatic carbocycles. The van der Waals surface area contributed by atoms with Crippen LogP contribution in [0.4, 0.5) is 5.69 Å². The van der Waals surface area contributed by atoms with E-state index in [1.165, 1.54) is 4.90 Å². The molecule has 0 radical (unpaired) electrons. The van der Waals surface area contributed by atoms with Crippen LogP contribution in [0.5, 0.6) is 0 Å². The summed E-state index contributed by atoms with van der Waals surface area (Å²) in [5, 5.41) is 0. The summed E-state index contributed by atoms with van der Waals surface area (Å²) in [5.41, 5.74) is 1.62. The number of anilines is 1. The lowest BCUT2D eigenvalue weighted by Crippen LogP contribution is -2.40. The van der Waals surface area contributed by atoms with Gasteiger partial charge in [0, 0.05) is 24.9 Å². The number of imide groups is 1. The van der Waals surface area contributed by atoms with E-state index < -0.39 is 6.04 Å². The van der Waals surface area contributed by atoms with Crippen LogP contribution in [0.25, 0.3) is 0 Å². The molecule has 1 fully saturated rings. The summed E-state index contributed by atoms with van der Waals surface area (Å²) in [4.78, 5) is 32.4. The first kappa shape index (κ1) is 15.4. The van der Waals surface area contributed by atoms with Gasteiger partial charge >= 0.3 is 0 Å². The lowest BCUT2D eigenvalue weighted by atomic mass is 10.2. The van der Waals surface area contributed by atoms with Gasteiger partial charge in [0.1, 0.15) is 0 Å². The molecule has 118 valence electrons. The molecule has 0 bridgehead atoms. The summed E-state index contributed by atoms with van der Waals surface area (Å²) in [6, 6.07) is 14.5. The Morgan fingerprint density at radius 2 is 1.87 bits per heavy atom. The Morgan fingerprint density at radius 1 is 1.13 bits per heavy atom. The predicted molar refractivity (Wildman–Crippen MR) is 87.9 cm³/mol. The van der Waals surface area contributed by atoms with E-state index in [1.54, 1.807) is 18.3 Å².